The van der Waals surface area contributed by atoms with Crippen molar-refractivity contribution in [2.45, 2.75) is 6.92 Å². The molecular formula is C13H20N2O4S. The fourth-order valence-electron chi connectivity index (χ4n) is 1.93. The summed E-state index contributed by atoms with van der Waals surface area (Å²) in [4.78, 5) is 0. The molecule has 0 aromatic heterocycles. The summed E-state index contributed by atoms with van der Waals surface area (Å²) in [5, 5.41) is 0. The number of hydrogen-bond acceptors (Lipinski definition) is 4. The number of aryl methyl sites for hydroxylation is 1. The molecule has 1 heterocycles. The Morgan fingerprint density at radius 2 is 2.00 bits per heavy atom. The normalized spacial score (nSPS) is 17.1. The van der Waals surface area contributed by atoms with E-state index in [4.69, 9.17) is 9.47 Å². The van der Waals surface area contributed by atoms with E-state index in [9.17, 15) is 8.42 Å². The zero-order valence-electron chi connectivity index (χ0n) is 11.5. The lowest BCUT2D eigenvalue weighted by Gasteiger charge is -2.26. The van der Waals surface area contributed by atoms with Gasteiger partial charge in [0.2, 0.25) is 0 Å². The Balaban J connectivity index is 1.76. The van der Waals surface area contributed by atoms with Gasteiger partial charge in [0.1, 0.15) is 12.4 Å². The first-order valence-corrected chi connectivity index (χ1v) is 8.04. The third kappa shape index (κ3) is 4.17. The van der Waals surface area contributed by atoms with Gasteiger partial charge >= 0.3 is 0 Å². The van der Waals surface area contributed by atoms with Gasteiger partial charge < -0.3 is 9.47 Å². The van der Waals surface area contributed by atoms with Gasteiger partial charge in [0.05, 0.1) is 13.2 Å². The number of benzene rings is 1. The van der Waals surface area contributed by atoms with Crippen molar-refractivity contribution in [2.75, 3.05) is 39.5 Å². The number of rotatable bonds is 6. The summed E-state index contributed by atoms with van der Waals surface area (Å²) >= 11 is 0. The van der Waals surface area contributed by atoms with Gasteiger partial charge in [0, 0.05) is 19.6 Å². The lowest BCUT2D eigenvalue weighted by molar-refractivity contribution is 0.0724. The minimum absolute atomic E-state index is 0.244. The number of hydrogen-bond donors (Lipinski definition) is 1. The van der Waals surface area contributed by atoms with Crippen molar-refractivity contribution in [3.05, 3.63) is 29.8 Å². The standard InChI is InChI=1S/C13H20N2O4S/c1-12-4-2-3-5-13(12)19-9-6-14-20(16,17)15-7-10-18-11-8-15/h2-5,14H,6-11H2,1H3. The predicted octanol–water partition coefficient (Wildman–Crippen LogP) is 0.540. The van der Waals surface area contributed by atoms with Crippen LogP contribution >= 0.6 is 0 Å². The molecule has 1 saturated heterocycles. The van der Waals surface area contributed by atoms with E-state index in [1.54, 1.807) is 0 Å². The molecule has 20 heavy (non-hydrogen) atoms. The van der Waals surface area contributed by atoms with Crippen LogP contribution in [0.15, 0.2) is 24.3 Å². The van der Waals surface area contributed by atoms with Crippen molar-refractivity contribution in [2.24, 2.45) is 0 Å². The molecule has 1 aliphatic rings. The molecule has 0 atom stereocenters. The van der Waals surface area contributed by atoms with Gasteiger partial charge in [0.15, 0.2) is 0 Å². The van der Waals surface area contributed by atoms with E-state index in [0.29, 0.717) is 32.9 Å². The highest BCUT2D eigenvalue weighted by Crippen LogP contribution is 2.15. The Morgan fingerprint density at radius 1 is 1.30 bits per heavy atom. The lowest BCUT2D eigenvalue weighted by Crippen LogP contribution is -2.47. The number of nitrogens with zero attached hydrogens (tertiary/aromatic N) is 1. The molecule has 0 bridgehead atoms. The van der Waals surface area contributed by atoms with E-state index < -0.39 is 10.2 Å². The topological polar surface area (TPSA) is 67.9 Å². The molecule has 1 aliphatic heterocycles. The number of morpholine rings is 1. The van der Waals surface area contributed by atoms with E-state index in [2.05, 4.69) is 4.72 Å². The molecule has 2 rings (SSSR count). The summed E-state index contributed by atoms with van der Waals surface area (Å²) in [5.74, 6) is 0.776. The van der Waals surface area contributed by atoms with Crippen molar-refractivity contribution in [3.63, 3.8) is 0 Å². The molecule has 7 heteroatoms. The molecular weight excluding hydrogens is 280 g/mol. The predicted molar refractivity (Wildman–Crippen MR) is 76.0 cm³/mol. The Labute approximate surface area is 119 Å². The summed E-state index contributed by atoms with van der Waals surface area (Å²) in [6.45, 7) is 4.18. The van der Waals surface area contributed by atoms with Crippen LogP contribution in [0.3, 0.4) is 0 Å². The molecule has 1 aromatic rings. The molecule has 1 aromatic carbocycles. The zero-order valence-corrected chi connectivity index (χ0v) is 12.4. The summed E-state index contributed by atoms with van der Waals surface area (Å²) in [7, 11) is -3.42. The van der Waals surface area contributed by atoms with Gasteiger partial charge in [-0.3, -0.25) is 0 Å². The van der Waals surface area contributed by atoms with Crippen molar-refractivity contribution >= 4 is 10.2 Å². The van der Waals surface area contributed by atoms with E-state index in [0.717, 1.165) is 11.3 Å². The van der Waals surface area contributed by atoms with Crippen LogP contribution in [0.4, 0.5) is 0 Å². The van der Waals surface area contributed by atoms with Gasteiger partial charge in [-0.1, -0.05) is 18.2 Å². The van der Waals surface area contributed by atoms with Crippen LogP contribution in [-0.2, 0) is 14.9 Å². The molecule has 0 amide bonds. The van der Waals surface area contributed by atoms with Crippen LogP contribution in [0.25, 0.3) is 0 Å². The van der Waals surface area contributed by atoms with Crippen LogP contribution < -0.4 is 9.46 Å². The molecule has 112 valence electrons. The molecule has 0 unspecified atom stereocenters. The maximum absolute atomic E-state index is 12.0. The van der Waals surface area contributed by atoms with Crippen LogP contribution in [-0.4, -0.2) is 52.2 Å². The molecule has 0 aliphatic carbocycles. The number of nitrogens with one attached hydrogen (secondary N) is 1. The van der Waals surface area contributed by atoms with E-state index >= 15 is 0 Å². The number of para-hydroxylation sites is 1. The van der Waals surface area contributed by atoms with Gasteiger partial charge in [-0.15, -0.1) is 0 Å². The van der Waals surface area contributed by atoms with Crippen LogP contribution in [0.5, 0.6) is 5.75 Å². The monoisotopic (exact) mass is 300 g/mol. The van der Waals surface area contributed by atoms with Crippen LogP contribution in [0.1, 0.15) is 5.56 Å². The SMILES string of the molecule is Cc1ccccc1OCCNS(=O)(=O)N1CCOCC1. The summed E-state index contributed by atoms with van der Waals surface area (Å²) < 4.78 is 38.5. The van der Waals surface area contributed by atoms with E-state index in [-0.39, 0.29) is 6.54 Å². The van der Waals surface area contributed by atoms with Crippen molar-refractivity contribution in [1.29, 1.82) is 0 Å². The quantitative estimate of drug-likeness (QED) is 0.779. The maximum Gasteiger partial charge on any atom is 0.279 e. The maximum atomic E-state index is 12.0. The van der Waals surface area contributed by atoms with Crippen LogP contribution in [0, 0.1) is 6.92 Å². The molecule has 0 radical (unpaired) electrons. The first-order valence-electron chi connectivity index (χ1n) is 6.60. The average molecular weight is 300 g/mol. The third-order valence-corrected chi connectivity index (χ3v) is 4.66. The molecule has 6 nitrogen and oxygen atoms in total. The molecule has 1 N–H and O–H groups in total. The first kappa shape index (κ1) is 15.2. The third-order valence-electron chi connectivity index (χ3n) is 3.05. The van der Waals surface area contributed by atoms with Gasteiger partial charge in [-0.25, -0.2) is 0 Å². The summed E-state index contributed by atoms with van der Waals surface area (Å²) in [6.07, 6.45) is 0. The second-order valence-electron chi connectivity index (χ2n) is 4.52. The minimum Gasteiger partial charge on any atom is -0.492 e. The summed E-state index contributed by atoms with van der Waals surface area (Å²) in [5.41, 5.74) is 1.03. The fourth-order valence-corrected chi connectivity index (χ4v) is 3.08. The fraction of sp³-hybridized carbons (Fsp3) is 0.538. The first-order chi connectivity index (χ1) is 9.59. The number of ether oxygens (including phenoxy) is 2. The Bertz CT molecular complexity index is 527. The van der Waals surface area contributed by atoms with Crippen molar-refractivity contribution in [1.82, 2.24) is 9.03 Å². The lowest BCUT2D eigenvalue weighted by atomic mass is 10.2. The second kappa shape index (κ2) is 7.03. The zero-order chi connectivity index (χ0) is 14.4. The van der Waals surface area contributed by atoms with Crippen LogP contribution in [0.2, 0.25) is 0 Å². The second-order valence-corrected chi connectivity index (χ2v) is 6.28. The van der Waals surface area contributed by atoms with E-state index in [1.807, 2.05) is 31.2 Å². The average Bonchev–Trinajstić information content (AvgIpc) is 2.46. The highest BCUT2D eigenvalue weighted by molar-refractivity contribution is 7.87. The Kier molecular flexibility index (Phi) is 5.36. The molecule has 0 spiro atoms. The highest BCUT2D eigenvalue weighted by atomic mass is 32.2. The largest absolute Gasteiger partial charge is 0.492 e. The minimum atomic E-state index is -3.42. The smallest absolute Gasteiger partial charge is 0.279 e. The summed E-state index contributed by atoms with van der Waals surface area (Å²) in [6, 6.07) is 7.64. The van der Waals surface area contributed by atoms with Gasteiger partial charge in [-0.05, 0) is 18.6 Å². The highest BCUT2D eigenvalue weighted by Gasteiger charge is 2.23. The molecule has 0 saturated carbocycles. The Morgan fingerprint density at radius 3 is 2.70 bits per heavy atom. The van der Waals surface area contributed by atoms with Crippen molar-refractivity contribution in [3.8, 4) is 5.75 Å². The van der Waals surface area contributed by atoms with Gasteiger partial charge in [-0.2, -0.15) is 17.4 Å². The van der Waals surface area contributed by atoms with Gasteiger partial charge in [0.25, 0.3) is 10.2 Å². The molecule has 1 fully saturated rings. The van der Waals surface area contributed by atoms with E-state index in [1.165, 1.54) is 4.31 Å². The Hall–Kier alpha value is -1.15. The van der Waals surface area contributed by atoms with Crippen molar-refractivity contribution < 1.29 is 17.9 Å².